The van der Waals surface area contributed by atoms with Crippen LogP contribution < -0.4 is 5.73 Å². The average Bonchev–Trinajstić information content (AvgIpc) is 2.24. The fourth-order valence-corrected chi connectivity index (χ4v) is 3.14. The Bertz CT molecular complexity index is 212. The van der Waals surface area contributed by atoms with Crippen molar-refractivity contribution in [1.29, 1.82) is 0 Å². The average molecular weight is 267 g/mol. The summed E-state index contributed by atoms with van der Waals surface area (Å²) in [5.74, 6) is 0. The van der Waals surface area contributed by atoms with Crippen molar-refractivity contribution in [1.82, 2.24) is 0 Å². The van der Waals surface area contributed by atoms with Crippen molar-refractivity contribution in [2.45, 2.75) is 71.4 Å². The van der Waals surface area contributed by atoms with Gasteiger partial charge < -0.3 is 15.5 Å². The lowest BCUT2D eigenvalue weighted by molar-refractivity contribution is 0.300. The Morgan fingerprint density at radius 1 is 1.06 bits per heavy atom. The van der Waals surface area contributed by atoms with Crippen LogP contribution >= 0.6 is 7.60 Å². The van der Waals surface area contributed by atoms with Crippen LogP contribution in [0, 0.1) is 0 Å². The lowest BCUT2D eigenvalue weighted by Crippen LogP contribution is -2.27. The molecule has 0 aliphatic heterocycles. The fourth-order valence-electron chi connectivity index (χ4n) is 1.87. The van der Waals surface area contributed by atoms with Gasteiger partial charge in [0.1, 0.15) is 0 Å². The third kappa shape index (κ3) is 7.20. The molecule has 0 saturated carbocycles. The zero-order valence-electron chi connectivity index (χ0n) is 11.8. The van der Waals surface area contributed by atoms with Gasteiger partial charge in [0.05, 0.1) is 5.16 Å². The van der Waals surface area contributed by atoms with Crippen molar-refractivity contribution in [3.8, 4) is 0 Å². The van der Waals surface area contributed by atoms with E-state index in [1.54, 1.807) is 0 Å². The Labute approximate surface area is 106 Å². The van der Waals surface area contributed by atoms with Gasteiger partial charge in [-0.05, 0) is 25.8 Å². The first kappa shape index (κ1) is 19.4. The second-order valence-electron chi connectivity index (χ2n) is 4.34. The predicted octanol–water partition coefficient (Wildman–Crippen LogP) is 3.27. The van der Waals surface area contributed by atoms with Gasteiger partial charge in [-0.25, -0.2) is 0 Å². The van der Waals surface area contributed by atoms with E-state index in [1.165, 1.54) is 0 Å². The molecule has 0 rings (SSSR count). The van der Waals surface area contributed by atoms with Crippen LogP contribution in [0.1, 0.15) is 66.2 Å². The Morgan fingerprint density at radius 3 is 1.71 bits per heavy atom. The first-order valence-electron chi connectivity index (χ1n) is 6.60. The van der Waals surface area contributed by atoms with E-state index in [-0.39, 0.29) is 0 Å². The van der Waals surface area contributed by atoms with Gasteiger partial charge in [-0.3, -0.25) is 4.57 Å². The van der Waals surface area contributed by atoms with Crippen molar-refractivity contribution in [2.24, 2.45) is 5.73 Å². The summed E-state index contributed by atoms with van der Waals surface area (Å²) in [6.45, 7) is 8.49. The molecule has 0 aromatic carbocycles. The van der Waals surface area contributed by atoms with Crippen LogP contribution in [0.3, 0.4) is 0 Å². The van der Waals surface area contributed by atoms with Gasteiger partial charge in [-0.1, -0.05) is 47.0 Å². The molecule has 0 bridgehead atoms. The minimum Gasteiger partial charge on any atom is -0.331 e. The molecule has 0 aliphatic rings. The van der Waals surface area contributed by atoms with Gasteiger partial charge >= 0.3 is 7.60 Å². The van der Waals surface area contributed by atoms with Gasteiger partial charge in [-0.2, -0.15) is 0 Å². The van der Waals surface area contributed by atoms with Crippen molar-refractivity contribution in [3.63, 3.8) is 0 Å². The molecular formula is C12H30NO3P. The Hall–Kier alpha value is 0.110. The highest BCUT2D eigenvalue weighted by Gasteiger charge is 2.42. The van der Waals surface area contributed by atoms with Crippen molar-refractivity contribution in [2.75, 3.05) is 6.54 Å². The third-order valence-electron chi connectivity index (χ3n) is 3.18. The van der Waals surface area contributed by atoms with Crippen LogP contribution in [0.15, 0.2) is 0 Å². The molecule has 4 N–H and O–H groups in total. The summed E-state index contributed by atoms with van der Waals surface area (Å²) in [5, 5.41) is -0.762. The number of unbranched alkanes of at least 4 members (excludes halogenated alkanes) is 2. The van der Waals surface area contributed by atoms with Gasteiger partial charge in [0.2, 0.25) is 0 Å². The SMILES string of the molecule is CCCCCC(CC)(CC)P(=O)(O)O.CCN. The quantitative estimate of drug-likeness (QED) is 0.488. The zero-order valence-corrected chi connectivity index (χ0v) is 12.7. The van der Waals surface area contributed by atoms with Gasteiger partial charge in [0.15, 0.2) is 0 Å². The topological polar surface area (TPSA) is 83.5 Å². The smallest absolute Gasteiger partial charge is 0.331 e. The van der Waals surface area contributed by atoms with Gasteiger partial charge in [-0.15, -0.1) is 0 Å². The van der Waals surface area contributed by atoms with Crippen LogP contribution in [-0.2, 0) is 4.57 Å². The van der Waals surface area contributed by atoms with Crippen LogP contribution in [-0.4, -0.2) is 21.5 Å². The first-order chi connectivity index (χ1) is 7.85. The maximum atomic E-state index is 11.4. The summed E-state index contributed by atoms with van der Waals surface area (Å²) in [6, 6.07) is 0. The standard InChI is InChI=1S/C10H23O3P.C2H7N/c1-4-7-8-9-10(5-2,6-3)14(11,12)13;1-2-3/h4-9H2,1-3H3,(H2,11,12,13);2-3H2,1H3. The second-order valence-corrected chi connectivity index (χ2v) is 6.38. The molecule has 0 aromatic heterocycles. The molecule has 0 saturated heterocycles. The molecule has 0 spiro atoms. The number of hydrogen-bond donors (Lipinski definition) is 3. The molecule has 0 unspecified atom stereocenters. The highest BCUT2D eigenvalue weighted by atomic mass is 31.2. The van der Waals surface area contributed by atoms with Crippen molar-refractivity contribution in [3.05, 3.63) is 0 Å². The van der Waals surface area contributed by atoms with E-state index in [1.807, 2.05) is 20.8 Å². The van der Waals surface area contributed by atoms with E-state index in [2.05, 4.69) is 6.92 Å². The highest BCUT2D eigenvalue weighted by molar-refractivity contribution is 7.53. The molecule has 0 radical (unpaired) electrons. The fraction of sp³-hybridized carbons (Fsp3) is 1.00. The van der Waals surface area contributed by atoms with Crippen molar-refractivity contribution >= 4 is 7.60 Å². The summed E-state index contributed by atoms with van der Waals surface area (Å²) in [7, 11) is -3.95. The molecule has 5 heteroatoms. The van der Waals surface area contributed by atoms with E-state index in [0.29, 0.717) is 19.3 Å². The number of hydrogen-bond acceptors (Lipinski definition) is 2. The van der Waals surface area contributed by atoms with Gasteiger partial charge in [0.25, 0.3) is 0 Å². The minimum atomic E-state index is -3.95. The molecule has 0 amide bonds. The summed E-state index contributed by atoms with van der Waals surface area (Å²) in [4.78, 5) is 18.7. The lowest BCUT2D eigenvalue weighted by atomic mass is 9.95. The van der Waals surface area contributed by atoms with E-state index in [9.17, 15) is 14.4 Å². The van der Waals surface area contributed by atoms with E-state index in [0.717, 1.165) is 25.8 Å². The van der Waals surface area contributed by atoms with Crippen LogP contribution in [0.5, 0.6) is 0 Å². The van der Waals surface area contributed by atoms with E-state index >= 15 is 0 Å². The van der Waals surface area contributed by atoms with Crippen molar-refractivity contribution < 1.29 is 14.4 Å². The van der Waals surface area contributed by atoms with Crippen LogP contribution in [0.25, 0.3) is 0 Å². The molecule has 4 nitrogen and oxygen atoms in total. The Morgan fingerprint density at radius 2 is 1.47 bits per heavy atom. The molecule has 0 atom stereocenters. The largest absolute Gasteiger partial charge is 0.331 e. The minimum absolute atomic E-state index is 0.567. The van der Waals surface area contributed by atoms with Gasteiger partial charge in [0, 0.05) is 0 Å². The predicted molar refractivity (Wildman–Crippen MR) is 74.2 cm³/mol. The molecule has 0 aliphatic carbocycles. The monoisotopic (exact) mass is 267 g/mol. The second kappa shape index (κ2) is 10.1. The summed E-state index contributed by atoms with van der Waals surface area (Å²) < 4.78 is 11.4. The maximum absolute atomic E-state index is 11.4. The molecular weight excluding hydrogens is 237 g/mol. The van der Waals surface area contributed by atoms with E-state index < -0.39 is 12.8 Å². The molecule has 106 valence electrons. The maximum Gasteiger partial charge on any atom is 0.331 e. The molecule has 0 heterocycles. The molecule has 17 heavy (non-hydrogen) atoms. The lowest BCUT2D eigenvalue weighted by Gasteiger charge is -2.32. The first-order valence-corrected chi connectivity index (χ1v) is 8.22. The zero-order chi connectivity index (χ0) is 13.9. The summed E-state index contributed by atoms with van der Waals surface area (Å²) >= 11 is 0. The normalized spacial score (nSPS) is 11.9. The summed E-state index contributed by atoms with van der Waals surface area (Å²) in [6.07, 6.45) is 4.85. The van der Waals surface area contributed by atoms with Crippen LogP contribution in [0.2, 0.25) is 0 Å². The third-order valence-corrected chi connectivity index (χ3v) is 5.27. The highest BCUT2D eigenvalue weighted by Crippen LogP contribution is 2.56. The van der Waals surface area contributed by atoms with Crippen LogP contribution in [0.4, 0.5) is 0 Å². The Balaban J connectivity index is 0. The Kier molecular flexibility index (Phi) is 11.5. The molecule has 0 aromatic rings. The number of rotatable bonds is 7. The molecule has 0 fully saturated rings. The number of nitrogens with two attached hydrogens (primary N) is 1. The summed E-state index contributed by atoms with van der Waals surface area (Å²) in [5.41, 5.74) is 4.85. The van der Waals surface area contributed by atoms with E-state index in [4.69, 9.17) is 5.73 Å².